The maximum absolute atomic E-state index is 5.47. The number of aromatic nitrogens is 1. The third-order valence-corrected chi connectivity index (χ3v) is 5.16. The van der Waals surface area contributed by atoms with Crippen molar-refractivity contribution < 1.29 is 14.0 Å². The summed E-state index contributed by atoms with van der Waals surface area (Å²) in [6.45, 7) is 9.26. The van der Waals surface area contributed by atoms with Crippen LogP contribution >= 0.6 is 24.0 Å². The second kappa shape index (κ2) is 10.7. The lowest BCUT2D eigenvalue weighted by molar-refractivity contribution is 0.346. The highest BCUT2D eigenvalue weighted by Crippen LogP contribution is 2.33. The van der Waals surface area contributed by atoms with E-state index in [-0.39, 0.29) is 24.0 Å². The van der Waals surface area contributed by atoms with E-state index >= 15 is 0 Å². The molecule has 0 spiro atoms. The molecule has 0 radical (unpaired) electrons. The average Bonchev–Trinajstić information content (AvgIpc) is 3.03. The summed E-state index contributed by atoms with van der Waals surface area (Å²) in [7, 11) is 3.35. The monoisotopic (exact) mass is 514 g/mol. The van der Waals surface area contributed by atoms with Gasteiger partial charge < -0.3 is 24.2 Å². The molecular weight excluding hydrogens is 483 g/mol. The van der Waals surface area contributed by atoms with Gasteiger partial charge in [0, 0.05) is 31.7 Å². The van der Waals surface area contributed by atoms with Crippen molar-refractivity contribution in [2.75, 3.05) is 33.9 Å². The molecule has 7 nitrogen and oxygen atoms in total. The first-order chi connectivity index (χ1) is 13.6. The molecule has 3 rings (SSSR count). The zero-order valence-corrected chi connectivity index (χ0v) is 20.2. The van der Waals surface area contributed by atoms with Crippen LogP contribution in [0.25, 0.3) is 0 Å². The number of hydrogen-bond donors (Lipinski definition) is 1. The van der Waals surface area contributed by atoms with Gasteiger partial charge in [0.2, 0.25) is 0 Å². The predicted molar refractivity (Wildman–Crippen MR) is 125 cm³/mol. The Morgan fingerprint density at radius 2 is 1.90 bits per heavy atom. The molecule has 0 saturated heterocycles. The van der Waals surface area contributed by atoms with Crippen LogP contribution < -0.4 is 14.8 Å². The van der Waals surface area contributed by atoms with Crippen LogP contribution in [0.4, 0.5) is 0 Å². The number of fused-ring (bicyclic) bond motifs is 1. The third kappa shape index (κ3) is 5.34. The van der Waals surface area contributed by atoms with Gasteiger partial charge in [-0.25, -0.2) is 0 Å². The number of hydrogen-bond acceptors (Lipinski definition) is 5. The van der Waals surface area contributed by atoms with E-state index in [9.17, 15) is 0 Å². The Morgan fingerprint density at radius 3 is 2.48 bits per heavy atom. The van der Waals surface area contributed by atoms with Crippen molar-refractivity contribution in [2.24, 2.45) is 4.99 Å². The van der Waals surface area contributed by atoms with Crippen LogP contribution in [0, 0.1) is 13.8 Å². The number of aliphatic imine (C=N–C) groups is 1. The maximum atomic E-state index is 5.47. The summed E-state index contributed by atoms with van der Waals surface area (Å²) in [6.07, 6.45) is 1.77. The van der Waals surface area contributed by atoms with Crippen LogP contribution in [0.1, 0.15) is 35.1 Å². The third-order valence-electron chi connectivity index (χ3n) is 5.16. The van der Waals surface area contributed by atoms with Gasteiger partial charge in [0.1, 0.15) is 5.76 Å². The molecule has 0 atom stereocenters. The quantitative estimate of drug-likeness (QED) is 0.362. The van der Waals surface area contributed by atoms with Gasteiger partial charge in [-0.05, 0) is 56.9 Å². The van der Waals surface area contributed by atoms with E-state index in [1.165, 1.54) is 11.1 Å². The number of nitrogens with zero attached hydrogens (tertiary/aromatic N) is 3. The van der Waals surface area contributed by atoms with Crippen LogP contribution in [0.3, 0.4) is 0 Å². The fraction of sp³-hybridized carbons (Fsp3) is 0.524. The van der Waals surface area contributed by atoms with Gasteiger partial charge in [-0.1, -0.05) is 5.16 Å². The number of ether oxygens (including phenoxy) is 2. The lowest BCUT2D eigenvalue weighted by Gasteiger charge is -2.32. The minimum atomic E-state index is 0. The molecule has 1 aromatic carbocycles. The SMILES string of the molecule is CCNC(=NCCc1c(C)noc1C)N1CCc2cc(OC)c(OC)cc2C1.I. The Kier molecular flexibility index (Phi) is 8.60. The van der Waals surface area contributed by atoms with E-state index < -0.39 is 0 Å². The Bertz CT molecular complexity index is 831. The summed E-state index contributed by atoms with van der Waals surface area (Å²) in [5.74, 6) is 3.37. The molecule has 1 aliphatic rings. The molecule has 1 aromatic heterocycles. The van der Waals surface area contributed by atoms with E-state index in [0.717, 1.165) is 67.0 Å². The molecule has 0 saturated carbocycles. The zero-order valence-electron chi connectivity index (χ0n) is 17.9. The van der Waals surface area contributed by atoms with Gasteiger partial charge in [0.25, 0.3) is 0 Å². The Morgan fingerprint density at radius 1 is 1.21 bits per heavy atom. The van der Waals surface area contributed by atoms with E-state index in [2.05, 4.69) is 34.4 Å². The molecule has 0 aliphatic carbocycles. The van der Waals surface area contributed by atoms with Gasteiger partial charge >= 0.3 is 0 Å². The lowest BCUT2D eigenvalue weighted by atomic mass is 9.99. The van der Waals surface area contributed by atoms with Gasteiger partial charge in [0.15, 0.2) is 17.5 Å². The van der Waals surface area contributed by atoms with Crippen LogP contribution in [0.5, 0.6) is 11.5 Å². The molecule has 8 heteroatoms. The largest absolute Gasteiger partial charge is 0.493 e. The van der Waals surface area contributed by atoms with E-state index in [1.807, 2.05) is 13.8 Å². The molecule has 1 N–H and O–H groups in total. The summed E-state index contributed by atoms with van der Waals surface area (Å²) in [5, 5.41) is 7.45. The van der Waals surface area contributed by atoms with Crippen molar-refractivity contribution in [3.05, 3.63) is 40.3 Å². The number of halogens is 1. The topological polar surface area (TPSA) is 72.1 Å². The molecular formula is C21H31IN4O3. The van der Waals surface area contributed by atoms with Crippen LogP contribution in [-0.2, 0) is 19.4 Å². The number of aryl methyl sites for hydroxylation is 2. The zero-order chi connectivity index (χ0) is 20.1. The first-order valence-corrected chi connectivity index (χ1v) is 9.76. The second-order valence-electron chi connectivity index (χ2n) is 6.94. The number of nitrogens with one attached hydrogen (secondary N) is 1. The molecule has 2 aromatic rings. The van der Waals surface area contributed by atoms with E-state index in [0.29, 0.717) is 6.54 Å². The fourth-order valence-corrected chi connectivity index (χ4v) is 3.62. The minimum Gasteiger partial charge on any atom is -0.493 e. The lowest BCUT2D eigenvalue weighted by Crippen LogP contribution is -2.44. The van der Waals surface area contributed by atoms with Crippen LogP contribution in [0.2, 0.25) is 0 Å². The van der Waals surface area contributed by atoms with E-state index in [4.69, 9.17) is 19.0 Å². The highest BCUT2D eigenvalue weighted by atomic mass is 127. The van der Waals surface area contributed by atoms with Crippen molar-refractivity contribution >= 4 is 29.9 Å². The minimum absolute atomic E-state index is 0. The molecule has 29 heavy (non-hydrogen) atoms. The number of methoxy groups -OCH3 is 2. The van der Waals surface area contributed by atoms with Crippen LogP contribution in [-0.4, -0.2) is 49.9 Å². The molecule has 0 unspecified atom stereocenters. The standard InChI is InChI=1S/C21H30N4O3.HI/c1-6-22-21(23-9-7-18-14(2)24-28-15(18)3)25-10-8-16-11-19(26-4)20(27-5)12-17(16)13-25;/h11-12H,6-10,13H2,1-5H3,(H,22,23);1H. The Hall–Kier alpha value is -1.97. The Labute approximate surface area is 189 Å². The van der Waals surface area contributed by atoms with Gasteiger partial charge in [-0.15, -0.1) is 24.0 Å². The van der Waals surface area contributed by atoms with Crippen molar-refractivity contribution in [2.45, 2.75) is 40.2 Å². The van der Waals surface area contributed by atoms with Crippen molar-refractivity contribution in [3.63, 3.8) is 0 Å². The number of guanidine groups is 1. The average molecular weight is 514 g/mol. The second-order valence-corrected chi connectivity index (χ2v) is 6.94. The van der Waals surface area contributed by atoms with E-state index in [1.54, 1.807) is 14.2 Å². The van der Waals surface area contributed by atoms with Crippen LogP contribution in [0.15, 0.2) is 21.6 Å². The molecule has 0 bridgehead atoms. The predicted octanol–water partition coefficient (Wildman–Crippen LogP) is 3.49. The van der Waals surface area contributed by atoms with Gasteiger partial charge in [-0.3, -0.25) is 4.99 Å². The maximum Gasteiger partial charge on any atom is 0.194 e. The van der Waals surface area contributed by atoms with Crippen molar-refractivity contribution in [1.29, 1.82) is 0 Å². The van der Waals surface area contributed by atoms with Crippen molar-refractivity contribution in [3.8, 4) is 11.5 Å². The molecule has 0 fully saturated rings. The summed E-state index contributed by atoms with van der Waals surface area (Å²) in [5.41, 5.74) is 4.66. The first kappa shape index (κ1) is 23.3. The molecule has 2 heterocycles. The molecule has 0 amide bonds. The summed E-state index contributed by atoms with van der Waals surface area (Å²) < 4.78 is 16.2. The normalized spacial score (nSPS) is 13.6. The highest BCUT2D eigenvalue weighted by Gasteiger charge is 2.21. The van der Waals surface area contributed by atoms with Crippen molar-refractivity contribution in [1.82, 2.24) is 15.4 Å². The number of benzene rings is 1. The summed E-state index contributed by atoms with van der Waals surface area (Å²) in [4.78, 5) is 7.15. The Balaban J connectivity index is 0.00000300. The van der Waals surface area contributed by atoms with Gasteiger partial charge in [0.05, 0.1) is 19.9 Å². The highest BCUT2D eigenvalue weighted by molar-refractivity contribution is 14.0. The fourth-order valence-electron chi connectivity index (χ4n) is 3.62. The van der Waals surface area contributed by atoms with Gasteiger partial charge in [-0.2, -0.15) is 0 Å². The summed E-state index contributed by atoms with van der Waals surface area (Å²) in [6, 6.07) is 4.17. The molecule has 1 aliphatic heterocycles. The first-order valence-electron chi connectivity index (χ1n) is 9.76. The summed E-state index contributed by atoms with van der Waals surface area (Å²) >= 11 is 0. The molecule has 160 valence electrons. The smallest absolute Gasteiger partial charge is 0.194 e. The number of rotatable bonds is 6.